The third-order valence-corrected chi connectivity index (χ3v) is 5.34. The van der Waals surface area contributed by atoms with Crippen molar-refractivity contribution in [1.82, 2.24) is 0 Å². The highest BCUT2D eigenvalue weighted by atomic mass is 32.1. The quantitative estimate of drug-likeness (QED) is 0.638. The number of thiophene rings is 1. The fourth-order valence-electron chi connectivity index (χ4n) is 2.96. The number of fused-ring (bicyclic) bond motifs is 1. The Bertz CT molecular complexity index is 789. The van der Waals surface area contributed by atoms with Crippen molar-refractivity contribution in [3.63, 3.8) is 0 Å². The molecule has 0 aromatic carbocycles. The molecule has 0 fully saturated rings. The summed E-state index contributed by atoms with van der Waals surface area (Å²) in [4.78, 5) is 25.8. The molecule has 2 aromatic heterocycles. The van der Waals surface area contributed by atoms with Crippen LogP contribution in [0.2, 0.25) is 0 Å². The van der Waals surface area contributed by atoms with E-state index in [2.05, 4.69) is 12.2 Å². The Morgan fingerprint density at radius 2 is 2.32 bits per heavy atom. The summed E-state index contributed by atoms with van der Waals surface area (Å²) in [5.74, 6) is 0.525. The molecule has 1 N–H and O–H groups in total. The molecule has 1 atom stereocenters. The zero-order valence-electron chi connectivity index (χ0n) is 14.3. The zero-order valence-corrected chi connectivity index (χ0v) is 15.2. The first-order valence-corrected chi connectivity index (χ1v) is 9.24. The number of carbonyl (C=O) groups excluding carboxylic acids is 2. The number of amides is 1. The van der Waals surface area contributed by atoms with Crippen molar-refractivity contribution in [2.75, 3.05) is 11.9 Å². The van der Waals surface area contributed by atoms with E-state index in [-0.39, 0.29) is 11.9 Å². The normalized spacial score (nSPS) is 16.6. The van der Waals surface area contributed by atoms with Crippen molar-refractivity contribution >= 4 is 34.3 Å². The first kappa shape index (κ1) is 17.5. The Hall–Kier alpha value is -2.34. The largest absolute Gasteiger partial charge is 0.465 e. The van der Waals surface area contributed by atoms with Gasteiger partial charge in [-0.25, -0.2) is 4.79 Å². The number of ether oxygens (including phenoxy) is 1. The van der Waals surface area contributed by atoms with Crippen LogP contribution in [0.3, 0.4) is 0 Å². The Kier molecular flexibility index (Phi) is 5.38. The van der Waals surface area contributed by atoms with Gasteiger partial charge in [-0.1, -0.05) is 6.92 Å². The molecule has 6 heteroatoms. The third kappa shape index (κ3) is 4.02. The zero-order chi connectivity index (χ0) is 17.8. The lowest BCUT2D eigenvalue weighted by atomic mass is 9.88. The highest BCUT2D eigenvalue weighted by Gasteiger charge is 2.28. The molecule has 0 saturated carbocycles. The molecular weight excluding hydrogens is 338 g/mol. The second-order valence-electron chi connectivity index (χ2n) is 6.11. The van der Waals surface area contributed by atoms with Crippen molar-refractivity contribution < 1.29 is 18.7 Å². The molecule has 1 aliphatic rings. The molecule has 25 heavy (non-hydrogen) atoms. The summed E-state index contributed by atoms with van der Waals surface area (Å²) < 4.78 is 10.4. The van der Waals surface area contributed by atoms with Gasteiger partial charge in [-0.3, -0.25) is 4.79 Å². The maximum Gasteiger partial charge on any atom is 0.341 e. The smallest absolute Gasteiger partial charge is 0.341 e. The molecule has 3 rings (SSSR count). The summed E-state index contributed by atoms with van der Waals surface area (Å²) in [6, 6.07) is 3.52. The fraction of sp³-hybridized carbons (Fsp3) is 0.368. The van der Waals surface area contributed by atoms with Gasteiger partial charge in [-0.15, -0.1) is 11.3 Å². The summed E-state index contributed by atoms with van der Waals surface area (Å²) in [5.41, 5.74) is 1.56. The number of hydrogen-bond donors (Lipinski definition) is 1. The number of hydrogen-bond acceptors (Lipinski definition) is 5. The Labute approximate surface area is 150 Å². The van der Waals surface area contributed by atoms with Crippen LogP contribution in [0.5, 0.6) is 0 Å². The van der Waals surface area contributed by atoms with Gasteiger partial charge in [0, 0.05) is 11.0 Å². The summed E-state index contributed by atoms with van der Waals surface area (Å²) in [6.07, 6.45) is 7.36. The standard InChI is InChI=1S/C19H21NO4S/c1-3-23-19(22)17-14-8-6-12(2)11-15(14)25-18(17)20-16(21)9-7-13-5-4-10-24-13/h4-5,7,9-10,12H,3,6,8,11H2,1-2H3,(H,20,21)/b9-7-/t12-/m1/s1. The van der Waals surface area contributed by atoms with E-state index in [4.69, 9.17) is 9.15 Å². The van der Waals surface area contributed by atoms with Gasteiger partial charge in [0.25, 0.3) is 0 Å². The van der Waals surface area contributed by atoms with Crippen LogP contribution in [0, 0.1) is 5.92 Å². The lowest BCUT2D eigenvalue weighted by Gasteiger charge is -2.18. The van der Waals surface area contributed by atoms with Crippen LogP contribution in [0.15, 0.2) is 28.9 Å². The van der Waals surface area contributed by atoms with E-state index < -0.39 is 0 Å². The van der Waals surface area contributed by atoms with Gasteiger partial charge in [-0.05, 0) is 55.9 Å². The van der Waals surface area contributed by atoms with E-state index in [1.165, 1.54) is 22.3 Å². The number of furan rings is 1. The van der Waals surface area contributed by atoms with Crippen LogP contribution in [0.4, 0.5) is 5.00 Å². The summed E-state index contributed by atoms with van der Waals surface area (Å²) in [6.45, 7) is 4.30. The van der Waals surface area contributed by atoms with Crippen molar-refractivity contribution in [2.45, 2.75) is 33.1 Å². The minimum Gasteiger partial charge on any atom is -0.465 e. The topological polar surface area (TPSA) is 68.5 Å². The van der Waals surface area contributed by atoms with Crippen LogP contribution in [-0.2, 0) is 22.4 Å². The average molecular weight is 359 g/mol. The number of nitrogens with one attached hydrogen (secondary N) is 1. The lowest BCUT2D eigenvalue weighted by Crippen LogP contribution is -2.15. The monoisotopic (exact) mass is 359 g/mol. The van der Waals surface area contributed by atoms with Crippen molar-refractivity contribution in [1.29, 1.82) is 0 Å². The van der Waals surface area contributed by atoms with E-state index >= 15 is 0 Å². The predicted octanol–water partition coefficient (Wildman–Crippen LogP) is 4.29. The van der Waals surface area contributed by atoms with Crippen LogP contribution in [0.1, 0.15) is 46.8 Å². The highest BCUT2D eigenvalue weighted by Crippen LogP contribution is 2.40. The van der Waals surface area contributed by atoms with E-state index in [9.17, 15) is 9.59 Å². The first-order chi connectivity index (χ1) is 12.1. The molecule has 2 heterocycles. The molecule has 1 aliphatic carbocycles. The van der Waals surface area contributed by atoms with Gasteiger partial charge < -0.3 is 14.5 Å². The van der Waals surface area contributed by atoms with Gasteiger partial charge in [-0.2, -0.15) is 0 Å². The van der Waals surface area contributed by atoms with Crippen LogP contribution < -0.4 is 5.32 Å². The molecule has 0 spiro atoms. The Morgan fingerprint density at radius 1 is 1.48 bits per heavy atom. The third-order valence-electron chi connectivity index (χ3n) is 4.17. The van der Waals surface area contributed by atoms with Crippen molar-refractivity contribution in [3.8, 4) is 0 Å². The molecule has 5 nitrogen and oxygen atoms in total. The summed E-state index contributed by atoms with van der Waals surface area (Å²) >= 11 is 1.48. The van der Waals surface area contributed by atoms with E-state index in [1.807, 2.05) is 0 Å². The van der Waals surface area contributed by atoms with E-state index in [0.29, 0.717) is 28.8 Å². The van der Waals surface area contributed by atoms with Crippen molar-refractivity contribution in [2.24, 2.45) is 5.92 Å². The Morgan fingerprint density at radius 3 is 3.04 bits per heavy atom. The summed E-state index contributed by atoms with van der Waals surface area (Å²) in [5, 5.41) is 3.41. The SMILES string of the molecule is CCOC(=O)c1c(NC(=O)/C=C\c2ccco2)sc2c1CC[C@@H](C)C2. The second-order valence-corrected chi connectivity index (χ2v) is 7.22. The number of rotatable bonds is 5. The molecule has 0 saturated heterocycles. The Balaban J connectivity index is 1.84. The van der Waals surface area contributed by atoms with Gasteiger partial charge in [0.15, 0.2) is 0 Å². The molecule has 0 bridgehead atoms. The van der Waals surface area contributed by atoms with E-state index in [0.717, 1.165) is 24.8 Å². The van der Waals surface area contributed by atoms with Gasteiger partial charge in [0.05, 0.1) is 18.4 Å². The van der Waals surface area contributed by atoms with Crippen LogP contribution in [-0.4, -0.2) is 18.5 Å². The molecular formula is C19H21NO4S. The van der Waals surface area contributed by atoms with Gasteiger partial charge in [0.1, 0.15) is 10.8 Å². The van der Waals surface area contributed by atoms with Crippen molar-refractivity contribution in [3.05, 3.63) is 46.2 Å². The minimum atomic E-state index is -0.361. The lowest BCUT2D eigenvalue weighted by molar-refractivity contribution is -0.111. The second kappa shape index (κ2) is 7.70. The molecule has 0 aliphatic heterocycles. The number of carbonyl (C=O) groups is 2. The van der Waals surface area contributed by atoms with Crippen LogP contribution >= 0.6 is 11.3 Å². The van der Waals surface area contributed by atoms with Crippen LogP contribution in [0.25, 0.3) is 6.08 Å². The predicted molar refractivity (Wildman–Crippen MR) is 97.8 cm³/mol. The molecule has 0 unspecified atom stereocenters. The number of esters is 1. The molecule has 0 radical (unpaired) electrons. The van der Waals surface area contributed by atoms with Gasteiger partial charge in [0.2, 0.25) is 5.91 Å². The maximum atomic E-state index is 12.4. The highest BCUT2D eigenvalue weighted by molar-refractivity contribution is 7.17. The first-order valence-electron chi connectivity index (χ1n) is 8.42. The maximum absolute atomic E-state index is 12.4. The van der Waals surface area contributed by atoms with E-state index in [1.54, 1.807) is 31.4 Å². The number of anilines is 1. The molecule has 1 amide bonds. The minimum absolute atomic E-state index is 0.298. The molecule has 2 aromatic rings. The average Bonchev–Trinajstić information content (AvgIpc) is 3.19. The summed E-state index contributed by atoms with van der Waals surface area (Å²) in [7, 11) is 0. The fourth-order valence-corrected chi connectivity index (χ4v) is 4.36. The van der Waals surface area contributed by atoms with Gasteiger partial charge >= 0.3 is 5.97 Å². The molecule has 132 valence electrons.